The fraction of sp³-hybridized carbons (Fsp3) is 0.0870. The minimum absolute atomic E-state index is 0.0933. The predicted octanol–water partition coefficient (Wildman–Crippen LogP) is 6.29. The molecule has 1 aromatic heterocycles. The predicted molar refractivity (Wildman–Crippen MR) is 132 cm³/mol. The number of fused-ring (bicyclic) bond motifs is 1. The van der Waals surface area contributed by atoms with Crippen LogP contribution >= 0.6 is 35.0 Å². The molecule has 176 valence electrons. The van der Waals surface area contributed by atoms with Crippen molar-refractivity contribution < 1.29 is 27.8 Å². The second-order valence-corrected chi connectivity index (χ2v) is 10.8. The van der Waals surface area contributed by atoms with Gasteiger partial charge in [0, 0.05) is 22.0 Å². The van der Waals surface area contributed by atoms with E-state index >= 15 is 0 Å². The van der Waals surface area contributed by atoms with E-state index in [1.807, 2.05) is 0 Å². The first-order valence-corrected chi connectivity index (χ1v) is 12.9. The number of rotatable bonds is 8. The highest BCUT2D eigenvalue weighted by Crippen LogP contribution is 2.41. The summed E-state index contributed by atoms with van der Waals surface area (Å²) < 4.78 is 37.5. The summed E-state index contributed by atoms with van der Waals surface area (Å²) in [6.45, 7) is 0. The molecule has 0 spiro atoms. The van der Waals surface area contributed by atoms with Crippen LogP contribution in [-0.4, -0.2) is 37.3 Å². The van der Waals surface area contributed by atoms with E-state index in [9.17, 15) is 13.2 Å². The van der Waals surface area contributed by atoms with Crippen LogP contribution in [0.3, 0.4) is 0 Å². The highest BCUT2D eigenvalue weighted by atomic mass is 35.5. The third kappa shape index (κ3) is 4.97. The molecule has 3 aromatic carbocycles. The van der Waals surface area contributed by atoms with Crippen molar-refractivity contribution in [2.24, 2.45) is 0 Å². The smallest absolute Gasteiger partial charge is 0.313 e. The zero-order valence-electron chi connectivity index (χ0n) is 17.5. The lowest BCUT2D eigenvalue weighted by Gasteiger charge is -2.12. The van der Waals surface area contributed by atoms with Gasteiger partial charge in [0.15, 0.2) is 5.75 Å². The molecule has 1 heterocycles. The molecule has 0 unspecified atom stereocenters. The van der Waals surface area contributed by atoms with Gasteiger partial charge in [-0.3, -0.25) is 4.79 Å². The van der Waals surface area contributed by atoms with Crippen molar-refractivity contribution in [2.75, 3.05) is 12.9 Å². The Kier molecular flexibility index (Phi) is 6.99. The van der Waals surface area contributed by atoms with Crippen LogP contribution in [-0.2, 0) is 14.6 Å². The Bertz CT molecular complexity index is 1460. The summed E-state index contributed by atoms with van der Waals surface area (Å²) in [4.78, 5) is 14.6. The number of carboxylic acids is 1. The topological polar surface area (TPSA) is 106 Å². The summed E-state index contributed by atoms with van der Waals surface area (Å²) in [5, 5.41) is 9.67. The van der Waals surface area contributed by atoms with E-state index < -0.39 is 15.8 Å². The first-order valence-electron chi connectivity index (χ1n) is 9.71. The molecule has 0 saturated carbocycles. The van der Waals surface area contributed by atoms with Gasteiger partial charge in [0.25, 0.3) is 0 Å². The SMILES string of the molecule is COc1ccc(S(=O)(=O)c2c[nH]c3ccc(Oc4c(Cl)cc(SCC(=O)O)cc4Cl)cc23)cc1. The number of H-pyrrole nitrogens is 1. The number of nitrogens with one attached hydrogen (secondary N) is 1. The molecule has 0 saturated heterocycles. The lowest BCUT2D eigenvalue weighted by atomic mass is 10.2. The number of hydrogen-bond acceptors (Lipinski definition) is 6. The first-order chi connectivity index (χ1) is 16.2. The third-order valence-electron chi connectivity index (χ3n) is 4.83. The minimum Gasteiger partial charge on any atom is -0.497 e. The van der Waals surface area contributed by atoms with Crippen molar-refractivity contribution >= 4 is 61.7 Å². The molecule has 34 heavy (non-hydrogen) atoms. The van der Waals surface area contributed by atoms with Crippen LogP contribution in [0.25, 0.3) is 10.9 Å². The molecule has 4 aromatic rings. The van der Waals surface area contributed by atoms with Crippen molar-refractivity contribution in [3.63, 3.8) is 0 Å². The van der Waals surface area contributed by atoms with Gasteiger partial charge in [0.1, 0.15) is 11.5 Å². The highest BCUT2D eigenvalue weighted by molar-refractivity contribution is 8.00. The maximum Gasteiger partial charge on any atom is 0.313 e. The van der Waals surface area contributed by atoms with E-state index in [1.54, 1.807) is 42.5 Å². The lowest BCUT2D eigenvalue weighted by molar-refractivity contribution is -0.133. The number of ether oxygens (including phenoxy) is 2. The molecule has 0 radical (unpaired) electrons. The monoisotopic (exact) mass is 537 g/mol. The Morgan fingerprint density at radius 2 is 1.68 bits per heavy atom. The molecule has 0 amide bonds. The fourth-order valence-corrected chi connectivity index (χ4v) is 6.03. The van der Waals surface area contributed by atoms with Crippen LogP contribution in [0, 0.1) is 0 Å². The van der Waals surface area contributed by atoms with Gasteiger partial charge in [-0.15, -0.1) is 11.8 Å². The van der Waals surface area contributed by atoms with Crippen molar-refractivity contribution in [1.82, 2.24) is 4.98 Å². The summed E-state index contributed by atoms with van der Waals surface area (Å²) in [6.07, 6.45) is 1.43. The van der Waals surface area contributed by atoms with Gasteiger partial charge in [-0.05, 0) is 54.6 Å². The summed E-state index contributed by atoms with van der Waals surface area (Å²) in [6, 6.07) is 14.2. The standard InChI is InChI=1S/C23H17Cl2NO6S2/c1-31-13-2-5-16(6-3-13)34(29,30)21-11-26-20-7-4-14(8-17(20)21)32-23-18(24)9-15(10-19(23)25)33-12-22(27)28/h2-11,26H,12H2,1H3,(H,27,28). The van der Waals surface area contributed by atoms with Gasteiger partial charge in [-0.1, -0.05) is 23.2 Å². The van der Waals surface area contributed by atoms with Crippen LogP contribution in [0.5, 0.6) is 17.2 Å². The van der Waals surface area contributed by atoms with Crippen LogP contribution in [0.4, 0.5) is 0 Å². The Labute approximate surface area is 209 Å². The molecule has 7 nitrogen and oxygen atoms in total. The Hall–Kier alpha value is -2.85. The zero-order valence-corrected chi connectivity index (χ0v) is 20.7. The number of carboxylic acid groups (broad SMARTS) is 1. The second-order valence-electron chi connectivity index (χ2n) is 7.04. The first kappa shape index (κ1) is 24.3. The molecular formula is C23H17Cl2NO6S2. The molecule has 0 aliphatic heterocycles. The van der Waals surface area contributed by atoms with Gasteiger partial charge in [-0.2, -0.15) is 0 Å². The van der Waals surface area contributed by atoms with Gasteiger partial charge >= 0.3 is 5.97 Å². The summed E-state index contributed by atoms with van der Waals surface area (Å²) >= 11 is 13.7. The van der Waals surface area contributed by atoms with Crippen LogP contribution < -0.4 is 9.47 Å². The van der Waals surface area contributed by atoms with Gasteiger partial charge < -0.3 is 19.6 Å². The molecule has 2 N–H and O–H groups in total. The lowest BCUT2D eigenvalue weighted by Crippen LogP contribution is -2.01. The Morgan fingerprint density at radius 1 is 1.03 bits per heavy atom. The maximum atomic E-state index is 13.2. The number of halogens is 2. The zero-order chi connectivity index (χ0) is 24.5. The average molecular weight is 538 g/mol. The van der Waals surface area contributed by atoms with Crippen LogP contribution in [0.15, 0.2) is 75.5 Å². The summed E-state index contributed by atoms with van der Waals surface area (Å²) in [7, 11) is -2.31. The Balaban J connectivity index is 1.67. The number of thioether (sulfide) groups is 1. The third-order valence-corrected chi connectivity index (χ3v) is 8.16. The van der Waals surface area contributed by atoms with Crippen molar-refractivity contribution in [1.29, 1.82) is 0 Å². The normalized spacial score (nSPS) is 11.5. The van der Waals surface area contributed by atoms with Crippen molar-refractivity contribution in [3.05, 3.63) is 70.8 Å². The molecule has 4 rings (SSSR count). The Morgan fingerprint density at radius 3 is 2.29 bits per heavy atom. The maximum absolute atomic E-state index is 13.2. The number of aromatic amines is 1. The van der Waals surface area contributed by atoms with E-state index in [0.29, 0.717) is 27.3 Å². The van der Waals surface area contributed by atoms with E-state index in [1.165, 1.54) is 25.4 Å². The van der Waals surface area contributed by atoms with Crippen molar-refractivity contribution in [2.45, 2.75) is 14.7 Å². The molecule has 11 heteroatoms. The van der Waals surface area contributed by atoms with E-state index in [0.717, 1.165) is 11.8 Å². The number of carbonyl (C=O) groups is 1. The molecule has 0 bridgehead atoms. The highest BCUT2D eigenvalue weighted by Gasteiger charge is 2.22. The average Bonchev–Trinajstić information content (AvgIpc) is 3.24. The number of sulfone groups is 1. The van der Waals surface area contributed by atoms with E-state index in [-0.39, 0.29) is 31.3 Å². The summed E-state index contributed by atoms with van der Waals surface area (Å²) in [5.41, 5.74) is 0.608. The molecule has 0 fully saturated rings. The number of hydrogen-bond donors (Lipinski definition) is 2. The quantitative estimate of drug-likeness (QED) is 0.254. The van der Waals surface area contributed by atoms with E-state index in [2.05, 4.69) is 4.98 Å². The molecule has 0 aliphatic carbocycles. The second kappa shape index (κ2) is 9.79. The van der Waals surface area contributed by atoms with Gasteiger partial charge in [0.05, 0.1) is 32.7 Å². The van der Waals surface area contributed by atoms with Gasteiger partial charge in [-0.25, -0.2) is 8.42 Å². The van der Waals surface area contributed by atoms with E-state index in [4.69, 9.17) is 37.8 Å². The number of methoxy groups -OCH3 is 1. The number of aliphatic carboxylic acids is 1. The fourth-order valence-electron chi connectivity index (χ4n) is 3.22. The summed E-state index contributed by atoms with van der Waals surface area (Å²) in [5.74, 6) is -0.0411. The molecule has 0 aliphatic rings. The largest absolute Gasteiger partial charge is 0.497 e. The van der Waals surface area contributed by atoms with Gasteiger partial charge in [0.2, 0.25) is 9.84 Å². The minimum atomic E-state index is -3.82. The molecule has 0 atom stereocenters. The molecular weight excluding hydrogens is 521 g/mol. The number of aromatic nitrogens is 1. The number of benzene rings is 3. The van der Waals surface area contributed by atoms with Crippen LogP contribution in [0.1, 0.15) is 0 Å². The van der Waals surface area contributed by atoms with Crippen molar-refractivity contribution in [3.8, 4) is 17.2 Å². The van der Waals surface area contributed by atoms with Crippen LogP contribution in [0.2, 0.25) is 10.0 Å².